The first-order chi connectivity index (χ1) is 12.8. The van der Waals surface area contributed by atoms with Crippen LogP contribution < -0.4 is 0 Å². The number of hydrogen-bond donors (Lipinski definition) is 0. The van der Waals surface area contributed by atoms with E-state index >= 15 is 0 Å². The third-order valence-electron chi connectivity index (χ3n) is 5.88. The minimum absolute atomic E-state index is 0.793. The number of rotatable bonds is 9. The summed E-state index contributed by atoms with van der Waals surface area (Å²) in [5, 5.41) is 11.1. The highest BCUT2D eigenvalue weighted by atomic mass is 32.1. The van der Waals surface area contributed by atoms with Crippen LogP contribution in [0.2, 0.25) is 0 Å². The molecular formula is C23H34N2S. The second kappa shape index (κ2) is 10.2. The topological polar surface area (TPSA) is 25.8 Å². The third-order valence-corrected chi connectivity index (χ3v) is 6.92. The Morgan fingerprint density at radius 1 is 0.846 bits per heavy atom. The predicted octanol–water partition coefficient (Wildman–Crippen LogP) is 6.74. The quantitative estimate of drug-likeness (QED) is 0.488. The number of unbranched alkanes of at least 4 members (excludes halogenated alkanes) is 1. The molecule has 1 saturated carbocycles. The van der Waals surface area contributed by atoms with Crippen molar-refractivity contribution < 1.29 is 0 Å². The second-order valence-electron chi connectivity index (χ2n) is 7.94. The van der Waals surface area contributed by atoms with E-state index in [9.17, 15) is 0 Å². The first-order valence-corrected chi connectivity index (χ1v) is 11.5. The van der Waals surface area contributed by atoms with Crippen molar-refractivity contribution in [2.75, 3.05) is 0 Å². The highest BCUT2D eigenvalue weighted by Crippen LogP contribution is 2.37. The van der Waals surface area contributed by atoms with Crippen LogP contribution in [0.5, 0.6) is 0 Å². The number of nitrogens with zero attached hydrogens (tertiary/aromatic N) is 2. The molecule has 1 aromatic heterocycles. The Labute approximate surface area is 163 Å². The summed E-state index contributed by atoms with van der Waals surface area (Å²) in [5.74, 6) is 1.78. The fourth-order valence-electron chi connectivity index (χ4n) is 4.22. The molecule has 2 nitrogen and oxygen atoms in total. The Kier molecular flexibility index (Phi) is 7.67. The molecule has 0 bridgehead atoms. The largest absolute Gasteiger partial charge is 0.144 e. The normalized spacial score (nSPS) is 20.4. The van der Waals surface area contributed by atoms with Crippen LogP contribution in [0, 0.1) is 5.92 Å². The van der Waals surface area contributed by atoms with E-state index in [1.807, 2.05) is 0 Å². The van der Waals surface area contributed by atoms with Crippen molar-refractivity contribution in [2.24, 2.45) is 5.92 Å². The zero-order valence-electron chi connectivity index (χ0n) is 16.5. The van der Waals surface area contributed by atoms with Gasteiger partial charge in [0, 0.05) is 12.8 Å². The zero-order chi connectivity index (χ0) is 18.2. The molecular weight excluding hydrogens is 336 g/mol. The SMILES string of the molecule is CCCCc1nnc(CCc2ccc(C3CCC(CCC)CC3)cc2)s1. The number of aryl methyl sites for hydroxylation is 3. The van der Waals surface area contributed by atoms with Crippen LogP contribution in [0.25, 0.3) is 0 Å². The lowest BCUT2D eigenvalue weighted by Crippen LogP contribution is -2.13. The monoisotopic (exact) mass is 370 g/mol. The van der Waals surface area contributed by atoms with Crippen LogP contribution in [0.3, 0.4) is 0 Å². The summed E-state index contributed by atoms with van der Waals surface area (Å²) in [4.78, 5) is 0. The van der Waals surface area contributed by atoms with Crippen molar-refractivity contribution in [3.8, 4) is 0 Å². The second-order valence-corrected chi connectivity index (χ2v) is 9.09. The summed E-state index contributed by atoms with van der Waals surface area (Å²) in [5.41, 5.74) is 2.99. The number of benzene rings is 1. The number of aromatic nitrogens is 2. The molecule has 0 radical (unpaired) electrons. The maximum atomic E-state index is 4.37. The molecule has 0 N–H and O–H groups in total. The van der Waals surface area contributed by atoms with Crippen LogP contribution in [0.4, 0.5) is 0 Å². The molecule has 142 valence electrons. The van der Waals surface area contributed by atoms with Gasteiger partial charge >= 0.3 is 0 Å². The summed E-state index contributed by atoms with van der Waals surface area (Å²) in [6.07, 6.45) is 14.0. The van der Waals surface area contributed by atoms with Crippen molar-refractivity contribution in [3.05, 3.63) is 45.4 Å². The lowest BCUT2D eigenvalue weighted by molar-refractivity contribution is 0.308. The van der Waals surface area contributed by atoms with E-state index in [1.54, 1.807) is 16.9 Å². The van der Waals surface area contributed by atoms with Gasteiger partial charge in [0.1, 0.15) is 10.0 Å². The molecule has 1 aliphatic rings. The average molecular weight is 371 g/mol. The van der Waals surface area contributed by atoms with Gasteiger partial charge in [0.2, 0.25) is 0 Å². The fourth-order valence-corrected chi connectivity index (χ4v) is 5.10. The minimum Gasteiger partial charge on any atom is -0.144 e. The van der Waals surface area contributed by atoms with Crippen LogP contribution in [-0.2, 0) is 19.3 Å². The van der Waals surface area contributed by atoms with Gasteiger partial charge < -0.3 is 0 Å². The summed E-state index contributed by atoms with van der Waals surface area (Å²) in [6.45, 7) is 4.54. The molecule has 2 aromatic rings. The Bertz CT molecular complexity index is 638. The summed E-state index contributed by atoms with van der Waals surface area (Å²) in [7, 11) is 0. The van der Waals surface area contributed by atoms with Crippen LogP contribution in [-0.4, -0.2) is 10.2 Å². The van der Waals surface area contributed by atoms with Gasteiger partial charge in [0.25, 0.3) is 0 Å². The van der Waals surface area contributed by atoms with Crippen LogP contribution in [0.15, 0.2) is 24.3 Å². The summed E-state index contributed by atoms with van der Waals surface area (Å²) < 4.78 is 0. The van der Waals surface area contributed by atoms with E-state index in [0.29, 0.717) is 0 Å². The van der Waals surface area contributed by atoms with Crippen molar-refractivity contribution in [1.82, 2.24) is 10.2 Å². The predicted molar refractivity (Wildman–Crippen MR) is 112 cm³/mol. The van der Waals surface area contributed by atoms with Gasteiger partial charge in [0.05, 0.1) is 0 Å². The molecule has 0 atom stereocenters. The van der Waals surface area contributed by atoms with Gasteiger partial charge in [-0.05, 0) is 61.5 Å². The Morgan fingerprint density at radius 2 is 1.54 bits per heavy atom. The lowest BCUT2D eigenvalue weighted by atomic mass is 9.77. The molecule has 0 saturated heterocycles. The molecule has 0 amide bonds. The molecule has 3 heteroatoms. The van der Waals surface area contributed by atoms with E-state index in [4.69, 9.17) is 0 Å². The molecule has 26 heavy (non-hydrogen) atoms. The molecule has 1 fully saturated rings. The van der Waals surface area contributed by atoms with Gasteiger partial charge in [-0.3, -0.25) is 0 Å². The standard InChI is InChI=1S/C23H34N2S/c1-3-5-7-22-24-25-23(26-22)17-12-19-10-15-21(16-11-19)20-13-8-18(6-4-2)9-14-20/h10-11,15-16,18,20H,3-9,12-14,17H2,1-2H3. The van der Waals surface area contributed by atoms with Crippen molar-refractivity contribution in [3.63, 3.8) is 0 Å². The van der Waals surface area contributed by atoms with E-state index < -0.39 is 0 Å². The number of hydrogen-bond acceptors (Lipinski definition) is 3. The van der Waals surface area contributed by atoms with Gasteiger partial charge in [-0.15, -0.1) is 21.5 Å². The molecule has 3 rings (SSSR count). The van der Waals surface area contributed by atoms with E-state index in [0.717, 1.165) is 31.1 Å². The Morgan fingerprint density at radius 3 is 2.19 bits per heavy atom. The Hall–Kier alpha value is -1.22. The van der Waals surface area contributed by atoms with Gasteiger partial charge in [-0.2, -0.15) is 0 Å². The molecule has 1 heterocycles. The van der Waals surface area contributed by atoms with Gasteiger partial charge in [-0.25, -0.2) is 0 Å². The summed E-state index contributed by atoms with van der Waals surface area (Å²) >= 11 is 1.80. The maximum absolute atomic E-state index is 4.37. The first kappa shape index (κ1) is 19.5. The van der Waals surface area contributed by atoms with Crippen LogP contribution >= 0.6 is 11.3 Å². The molecule has 0 spiro atoms. The molecule has 1 aromatic carbocycles. The highest BCUT2D eigenvalue weighted by molar-refractivity contribution is 7.11. The first-order valence-electron chi connectivity index (χ1n) is 10.7. The smallest absolute Gasteiger partial charge is 0.117 e. The molecule has 0 unspecified atom stereocenters. The average Bonchev–Trinajstić information content (AvgIpc) is 3.14. The van der Waals surface area contributed by atoms with E-state index in [1.165, 1.54) is 66.9 Å². The lowest BCUT2D eigenvalue weighted by Gasteiger charge is -2.28. The van der Waals surface area contributed by atoms with Crippen LogP contribution in [0.1, 0.15) is 92.3 Å². The minimum atomic E-state index is 0.793. The van der Waals surface area contributed by atoms with Gasteiger partial charge in [-0.1, -0.05) is 57.4 Å². The fraction of sp³-hybridized carbons (Fsp3) is 0.652. The van der Waals surface area contributed by atoms with Crippen molar-refractivity contribution >= 4 is 11.3 Å². The summed E-state index contributed by atoms with van der Waals surface area (Å²) in [6, 6.07) is 9.44. The highest BCUT2D eigenvalue weighted by Gasteiger charge is 2.21. The Balaban J connectivity index is 1.46. The molecule has 1 aliphatic carbocycles. The maximum Gasteiger partial charge on any atom is 0.117 e. The molecule has 0 aliphatic heterocycles. The third kappa shape index (κ3) is 5.64. The zero-order valence-corrected chi connectivity index (χ0v) is 17.4. The van der Waals surface area contributed by atoms with E-state index in [-0.39, 0.29) is 0 Å². The van der Waals surface area contributed by atoms with Crippen molar-refractivity contribution in [2.45, 2.75) is 90.4 Å². The van der Waals surface area contributed by atoms with E-state index in [2.05, 4.69) is 48.3 Å². The van der Waals surface area contributed by atoms with Crippen molar-refractivity contribution in [1.29, 1.82) is 0 Å². The van der Waals surface area contributed by atoms with Gasteiger partial charge in [0.15, 0.2) is 0 Å².